The Morgan fingerprint density at radius 3 is 1.29 bits per heavy atom. The number of benzene rings is 3. The number of nitro groups is 1. The van der Waals surface area contributed by atoms with Crippen LogP contribution < -0.4 is 4.90 Å². The van der Waals surface area contributed by atoms with E-state index in [1.165, 1.54) is 12.1 Å². The topological polar surface area (TPSA) is 46.4 Å². The van der Waals surface area contributed by atoms with Gasteiger partial charge in [-0.3, -0.25) is 10.1 Å². The predicted molar refractivity (Wildman–Crippen MR) is 112 cm³/mol. The first kappa shape index (κ1) is 18.8. The highest BCUT2D eigenvalue weighted by molar-refractivity contribution is 5.52. The SMILES string of the molecule is CN(C)c1ccc(C#Cc2ccc(C#Cc3ccc([N+](=O)[O-])cc3)cc2)cc1. The van der Waals surface area contributed by atoms with Crippen molar-refractivity contribution < 1.29 is 4.92 Å². The molecule has 0 amide bonds. The second-order valence-corrected chi connectivity index (χ2v) is 6.32. The van der Waals surface area contributed by atoms with Crippen molar-refractivity contribution in [2.75, 3.05) is 19.0 Å². The molecule has 0 heterocycles. The van der Waals surface area contributed by atoms with Crippen LogP contribution in [0.15, 0.2) is 72.8 Å². The second-order valence-electron chi connectivity index (χ2n) is 6.32. The highest BCUT2D eigenvalue weighted by Gasteiger charge is 2.02. The van der Waals surface area contributed by atoms with Crippen LogP contribution in [-0.4, -0.2) is 19.0 Å². The third kappa shape index (κ3) is 5.00. The van der Waals surface area contributed by atoms with Crippen LogP contribution in [0.3, 0.4) is 0 Å². The number of anilines is 1. The maximum Gasteiger partial charge on any atom is 0.269 e. The lowest BCUT2D eigenvalue weighted by Gasteiger charge is -2.11. The number of rotatable bonds is 2. The summed E-state index contributed by atoms with van der Waals surface area (Å²) in [5.41, 5.74) is 4.67. The van der Waals surface area contributed by atoms with Crippen LogP contribution >= 0.6 is 0 Å². The van der Waals surface area contributed by atoms with Crippen LogP contribution in [-0.2, 0) is 0 Å². The van der Waals surface area contributed by atoms with E-state index < -0.39 is 4.92 Å². The van der Waals surface area contributed by atoms with E-state index in [1.54, 1.807) is 12.1 Å². The van der Waals surface area contributed by atoms with Crippen molar-refractivity contribution in [3.63, 3.8) is 0 Å². The number of nitrogens with zero attached hydrogens (tertiary/aromatic N) is 2. The first-order chi connectivity index (χ1) is 13.5. The van der Waals surface area contributed by atoms with Crippen molar-refractivity contribution >= 4 is 11.4 Å². The fourth-order valence-corrected chi connectivity index (χ4v) is 2.43. The van der Waals surface area contributed by atoms with Gasteiger partial charge in [0.2, 0.25) is 0 Å². The second kappa shape index (κ2) is 8.58. The molecule has 136 valence electrons. The monoisotopic (exact) mass is 366 g/mol. The van der Waals surface area contributed by atoms with Crippen molar-refractivity contribution in [2.24, 2.45) is 0 Å². The molecule has 0 radical (unpaired) electrons. The lowest BCUT2D eigenvalue weighted by Crippen LogP contribution is -2.07. The van der Waals surface area contributed by atoms with Crippen LogP contribution in [0, 0.1) is 33.8 Å². The molecule has 0 aliphatic heterocycles. The predicted octanol–water partition coefficient (Wildman–Crippen LogP) is 4.46. The molecule has 0 aliphatic carbocycles. The summed E-state index contributed by atoms with van der Waals surface area (Å²) in [5.74, 6) is 12.4. The third-order valence-electron chi connectivity index (χ3n) is 4.05. The lowest BCUT2D eigenvalue weighted by atomic mass is 10.1. The van der Waals surface area contributed by atoms with Gasteiger partial charge in [-0.25, -0.2) is 0 Å². The van der Waals surface area contributed by atoms with Crippen LogP contribution in [0.4, 0.5) is 11.4 Å². The van der Waals surface area contributed by atoms with Crippen molar-refractivity contribution in [3.05, 3.63) is 105 Å². The van der Waals surface area contributed by atoms with Crippen LogP contribution in [0.1, 0.15) is 22.3 Å². The fourth-order valence-electron chi connectivity index (χ4n) is 2.43. The summed E-state index contributed by atoms with van der Waals surface area (Å²) in [6, 6.07) is 22.0. The molecule has 0 unspecified atom stereocenters. The molecular weight excluding hydrogens is 348 g/mol. The number of hydrogen-bond donors (Lipinski definition) is 0. The summed E-state index contributed by atoms with van der Waals surface area (Å²) >= 11 is 0. The fraction of sp³-hybridized carbons (Fsp3) is 0.0833. The van der Waals surface area contributed by atoms with Crippen LogP contribution in [0.5, 0.6) is 0 Å². The number of nitro benzene ring substituents is 1. The minimum atomic E-state index is -0.423. The summed E-state index contributed by atoms with van der Waals surface area (Å²) in [7, 11) is 4.01. The largest absolute Gasteiger partial charge is 0.378 e. The van der Waals surface area contributed by atoms with Gasteiger partial charge >= 0.3 is 0 Å². The van der Waals surface area contributed by atoms with E-state index in [-0.39, 0.29) is 5.69 Å². The van der Waals surface area contributed by atoms with E-state index in [9.17, 15) is 10.1 Å². The molecule has 0 saturated carbocycles. The third-order valence-corrected chi connectivity index (χ3v) is 4.05. The first-order valence-electron chi connectivity index (χ1n) is 8.67. The normalized spacial score (nSPS) is 9.50. The summed E-state index contributed by atoms with van der Waals surface area (Å²) in [6.07, 6.45) is 0. The average molecular weight is 366 g/mol. The van der Waals surface area contributed by atoms with Gasteiger partial charge in [0, 0.05) is 54.2 Å². The van der Waals surface area contributed by atoms with Gasteiger partial charge in [-0.1, -0.05) is 23.7 Å². The zero-order chi connectivity index (χ0) is 19.9. The molecule has 0 saturated heterocycles. The van der Waals surface area contributed by atoms with Gasteiger partial charge in [-0.05, 0) is 60.7 Å². The Morgan fingerprint density at radius 2 is 0.964 bits per heavy atom. The van der Waals surface area contributed by atoms with Gasteiger partial charge in [-0.2, -0.15) is 0 Å². The van der Waals surface area contributed by atoms with Crippen LogP contribution in [0.25, 0.3) is 0 Å². The van der Waals surface area contributed by atoms with Gasteiger partial charge in [-0.15, -0.1) is 0 Å². The Kier molecular flexibility index (Phi) is 5.75. The Bertz CT molecular complexity index is 1090. The zero-order valence-electron chi connectivity index (χ0n) is 15.6. The van der Waals surface area contributed by atoms with Crippen molar-refractivity contribution in [3.8, 4) is 23.7 Å². The van der Waals surface area contributed by atoms with Gasteiger partial charge < -0.3 is 4.90 Å². The Morgan fingerprint density at radius 1 is 0.643 bits per heavy atom. The molecule has 3 aromatic carbocycles. The van der Waals surface area contributed by atoms with E-state index in [0.717, 1.165) is 27.9 Å². The summed E-state index contributed by atoms with van der Waals surface area (Å²) < 4.78 is 0. The molecular formula is C24H18N2O2. The Balaban J connectivity index is 1.68. The molecule has 0 atom stereocenters. The quantitative estimate of drug-likeness (QED) is 0.382. The minimum absolute atomic E-state index is 0.0600. The molecule has 0 bridgehead atoms. The van der Waals surface area contributed by atoms with Crippen molar-refractivity contribution in [2.45, 2.75) is 0 Å². The maximum atomic E-state index is 10.7. The molecule has 4 heteroatoms. The molecule has 0 fully saturated rings. The van der Waals surface area contributed by atoms with Gasteiger partial charge in [0.1, 0.15) is 0 Å². The summed E-state index contributed by atoms with van der Waals surface area (Å²) in [4.78, 5) is 12.3. The highest BCUT2D eigenvalue weighted by Crippen LogP contribution is 2.12. The molecule has 0 spiro atoms. The molecule has 0 aliphatic rings. The standard InChI is InChI=1S/C24H18N2O2/c1-25(2)23-15-11-21(12-16-23)9-7-19-3-5-20(6-4-19)8-10-22-13-17-24(18-14-22)26(27)28/h3-6,11-18H,1-2H3. The van der Waals surface area contributed by atoms with Gasteiger partial charge in [0.25, 0.3) is 5.69 Å². The smallest absolute Gasteiger partial charge is 0.269 e. The number of non-ortho nitro benzene ring substituents is 1. The summed E-state index contributed by atoms with van der Waals surface area (Å²) in [6.45, 7) is 0. The highest BCUT2D eigenvalue weighted by atomic mass is 16.6. The van der Waals surface area contributed by atoms with E-state index in [4.69, 9.17) is 0 Å². The average Bonchev–Trinajstić information content (AvgIpc) is 2.72. The van der Waals surface area contributed by atoms with E-state index >= 15 is 0 Å². The van der Waals surface area contributed by atoms with Crippen molar-refractivity contribution in [1.82, 2.24) is 0 Å². The molecule has 3 aromatic rings. The molecule has 0 N–H and O–H groups in total. The van der Waals surface area contributed by atoms with E-state index in [0.29, 0.717) is 0 Å². The lowest BCUT2D eigenvalue weighted by molar-refractivity contribution is -0.384. The zero-order valence-corrected chi connectivity index (χ0v) is 15.6. The number of hydrogen-bond acceptors (Lipinski definition) is 3. The Hall–Kier alpha value is -4.02. The van der Waals surface area contributed by atoms with Gasteiger partial charge in [0.05, 0.1) is 4.92 Å². The molecule has 4 nitrogen and oxygen atoms in total. The van der Waals surface area contributed by atoms with Crippen molar-refractivity contribution in [1.29, 1.82) is 0 Å². The van der Waals surface area contributed by atoms with E-state index in [1.807, 2.05) is 67.5 Å². The minimum Gasteiger partial charge on any atom is -0.378 e. The Labute approximate surface area is 164 Å². The molecule has 0 aromatic heterocycles. The molecule has 28 heavy (non-hydrogen) atoms. The van der Waals surface area contributed by atoms with E-state index in [2.05, 4.69) is 23.7 Å². The first-order valence-corrected chi connectivity index (χ1v) is 8.67. The summed E-state index contributed by atoms with van der Waals surface area (Å²) in [5, 5.41) is 10.7. The van der Waals surface area contributed by atoms with Crippen LogP contribution in [0.2, 0.25) is 0 Å². The van der Waals surface area contributed by atoms with Gasteiger partial charge in [0.15, 0.2) is 0 Å². The molecule has 3 rings (SSSR count). The maximum absolute atomic E-state index is 10.7.